The first-order valence-electron chi connectivity index (χ1n) is 10.1. The highest BCUT2D eigenvalue weighted by Gasteiger charge is 2.30. The van der Waals surface area contributed by atoms with Gasteiger partial charge in [-0.25, -0.2) is 0 Å². The zero-order chi connectivity index (χ0) is 18.1. The number of hydrogen-bond donors (Lipinski definition) is 2. The Labute approximate surface area is 153 Å². The van der Waals surface area contributed by atoms with Gasteiger partial charge in [0.25, 0.3) is 0 Å². The summed E-state index contributed by atoms with van der Waals surface area (Å²) in [6, 6.07) is 0. The van der Waals surface area contributed by atoms with Crippen molar-refractivity contribution < 1.29 is 4.79 Å². The lowest BCUT2D eigenvalue weighted by Crippen LogP contribution is -2.52. The van der Waals surface area contributed by atoms with Crippen LogP contribution in [0, 0.1) is 11.8 Å². The van der Waals surface area contributed by atoms with Gasteiger partial charge < -0.3 is 15.5 Å². The Morgan fingerprint density at radius 1 is 1.12 bits per heavy atom. The highest BCUT2D eigenvalue weighted by molar-refractivity contribution is 5.80. The average molecular weight is 352 g/mol. The second-order valence-corrected chi connectivity index (χ2v) is 7.36. The van der Waals surface area contributed by atoms with Gasteiger partial charge in [0.15, 0.2) is 5.96 Å². The van der Waals surface area contributed by atoms with Crippen LogP contribution >= 0.6 is 0 Å². The van der Waals surface area contributed by atoms with Crippen LogP contribution in [0.2, 0.25) is 0 Å². The largest absolute Gasteiger partial charge is 0.356 e. The highest BCUT2D eigenvalue weighted by atomic mass is 16.2. The van der Waals surface area contributed by atoms with E-state index >= 15 is 0 Å². The van der Waals surface area contributed by atoms with E-state index < -0.39 is 0 Å². The molecule has 1 aliphatic heterocycles. The van der Waals surface area contributed by atoms with E-state index in [0.29, 0.717) is 17.7 Å². The molecule has 1 heterocycles. The highest BCUT2D eigenvalue weighted by Crippen LogP contribution is 2.28. The normalized spacial score (nSPS) is 19.8. The van der Waals surface area contributed by atoms with Crippen molar-refractivity contribution in [1.82, 2.24) is 20.4 Å². The molecule has 2 rings (SSSR count). The summed E-state index contributed by atoms with van der Waals surface area (Å²) in [5, 5.41) is 6.83. The maximum Gasteiger partial charge on any atom is 0.225 e. The van der Waals surface area contributed by atoms with Crippen molar-refractivity contribution in [3.05, 3.63) is 0 Å². The second kappa shape index (κ2) is 10.6. The van der Waals surface area contributed by atoms with Crippen molar-refractivity contribution in [1.29, 1.82) is 0 Å². The van der Waals surface area contributed by atoms with E-state index in [9.17, 15) is 4.79 Å². The first-order chi connectivity index (χ1) is 12.2. The molecule has 0 aromatic rings. The van der Waals surface area contributed by atoms with E-state index in [2.05, 4.69) is 39.3 Å². The van der Waals surface area contributed by atoms with Crippen LogP contribution in [0.1, 0.15) is 46.0 Å². The van der Waals surface area contributed by atoms with Crippen molar-refractivity contribution >= 4 is 11.9 Å². The van der Waals surface area contributed by atoms with Gasteiger partial charge in [0, 0.05) is 58.8 Å². The molecule has 1 aliphatic carbocycles. The first-order valence-corrected chi connectivity index (χ1v) is 10.1. The molecule has 25 heavy (non-hydrogen) atoms. The van der Waals surface area contributed by atoms with Crippen LogP contribution < -0.4 is 10.6 Å². The van der Waals surface area contributed by atoms with Crippen molar-refractivity contribution in [2.45, 2.75) is 46.0 Å². The molecule has 2 aliphatic rings. The monoisotopic (exact) mass is 351 g/mol. The standard InChI is InChI=1S/C19H37N5O/c1-4-16(5-2)15-22-19(20-3)21-9-10-23-11-13-24(14-12-23)18(25)17-7-6-8-17/h16-17H,4-15H2,1-3H3,(H2,20,21,22). The van der Waals surface area contributed by atoms with E-state index in [4.69, 9.17) is 0 Å². The van der Waals surface area contributed by atoms with E-state index in [1.54, 1.807) is 0 Å². The van der Waals surface area contributed by atoms with Crippen LogP contribution in [0.15, 0.2) is 4.99 Å². The van der Waals surface area contributed by atoms with Crippen molar-refractivity contribution in [3.8, 4) is 0 Å². The lowest BCUT2D eigenvalue weighted by molar-refractivity contribution is -0.139. The van der Waals surface area contributed by atoms with Crippen molar-refractivity contribution in [2.24, 2.45) is 16.8 Å². The van der Waals surface area contributed by atoms with Crippen LogP contribution in [0.3, 0.4) is 0 Å². The molecule has 0 aromatic carbocycles. The molecule has 1 saturated heterocycles. The Kier molecular flexibility index (Phi) is 8.52. The summed E-state index contributed by atoms with van der Waals surface area (Å²) in [6.07, 6.45) is 5.83. The van der Waals surface area contributed by atoms with E-state index in [1.165, 1.54) is 19.3 Å². The number of guanidine groups is 1. The van der Waals surface area contributed by atoms with Crippen LogP contribution in [0.4, 0.5) is 0 Å². The van der Waals surface area contributed by atoms with E-state index in [-0.39, 0.29) is 0 Å². The molecule has 144 valence electrons. The summed E-state index contributed by atoms with van der Waals surface area (Å²) in [4.78, 5) is 21.1. The topological polar surface area (TPSA) is 60.0 Å². The molecule has 0 radical (unpaired) electrons. The van der Waals surface area contributed by atoms with Gasteiger partial charge in [-0.15, -0.1) is 0 Å². The Bertz CT molecular complexity index is 424. The predicted octanol–water partition coefficient (Wildman–Crippen LogP) is 1.53. The van der Waals surface area contributed by atoms with Crippen LogP contribution in [0.25, 0.3) is 0 Å². The van der Waals surface area contributed by atoms with Crippen molar-refractivity contribution in [2.75, 3.05) is 52.9 Å². The van der Waals surface area contributed by atoms with Crippen LogP contribution in [-0.4, -0.2) is 74.5 Å². The molecule has 1 amide bonds. The minimum absolute atomic E-state index is 0.331. The summed E-state index contributed by atoms with van der Waals surface area (Å²) >= 11 is 0. The number of aliphatic imine (C=N–C) groups is 1. The number of nitrogens with zero attached hydrogens (tertiary/aromatic N) is 3. The van der Waals surface area contributed by atoms with Gasteiger partial charge in [-0.05, 0) is 18.8 Å². The minimum atomic E-state index is 0.331. The smallest absolute Gasteiger partial charge is 0.225 e. The lowest BCUT2D eigenvalue weighted by atomic mass is 9.84. The molecule has 0 aromatic heterocycles. The lowest BCUT2D eigenvalue weighted by Gasteiger charge is -2.38. The third-order valence-corrected chi connectivity index (χ3v) is 5.80. The number of hydrogen-bond acceptors (Lipinski definition) is 3. The molecule has 1 saturated carbocycles. The fraction of sp³-hybridized carbons (Fsp3) is 0.895. The van der Waals surface area contributed by atoms with Gasteiger partial charge in [0.05, 0.1) is 0 Å². The molecular formula is C19H37N5O. The Balaban J connectivity index is 1.59. The number of amides is 1. The summed E-state index contributed by atoms with van der Waals surface area (Å²) < 4.78 is 0. The van der Waals surface area contributed by atoms with Gasteiger partial charge >= 0.3 is 0 Å². The molecule has 0 atom stereocenters. The van der Waals surface area contributed by atoms with Crippen LogP contribution in [0.5, 0.6) is 0 Å². The Hall–Kier alpha value is -1.30. The molecule has 0 bridgehead atoms. The summed E-state index contributed by atoms with van der Waals surface area (Å²) in [6.45, 7) is 11.1. The number of carbonyl (C=O) groups excluding carboxylic acids is 1. The van der Waals surface area contributed by atoms with Gasteiger partial charge in [-0.1, -0.05) is 33.1 Å². The summed E-state index contributed by atoms with van der Waals surface area (Å²) in [5.41, 5.74) is 0. The molecular weight excluding hydrogens is 314 g/mol. The summed E-state index contributed by atoms with van der Waals surface area (Å²) in [7, 11) is 1.83. The van der Waals surface area contributed by atoms with Gasteiger partial charge in [0.2, 0.25) is 5.91 Å². The molecule has 6 nitrogen and oxygen atoms in total. The number of piperazine rings is 1. The van der Waals surface area contributed by atoms with Gasteiger partial charge in [-0.3, -0.25) is 14.7 Å². The summed E-state index contributed by atoms with van der Waals surface area (Å²) in [5.74, 6) is 2.33. The number of nitrogens with one attached hydrogen (secondary N) is 2. The first kappa shape index (κ1) is 20.0. The SMILES string of the molecule is CCC(CC)CNC(=NC)NCCN1CCN(C(=O)C2CCC2)CC1. The second-order valence-electron chi connectivity index (χ2n) is 7.36. The maximum absolute atomic E-state index is 12.3. The van der Waals surface area contributed by atoms with Crippen LogP contribution in [-0.2, 0) is 4.79 Å². The molecule has 2 N–H and O–H groups in total. The van der Waals surface area contributed by atoms with E-state index in [0.717, 1.165) is 64.6 Å². The minimum Gasteiger partial charge on any atom is -0.356 e. The number of carbonyl (C=O) groups is 1. The van der Waals surface area contributed by atoms with Crippen molar-refractivity contribution in [3.63, 3.8) is 0 Å². The fourth-order valence-corrected chi connectivity index (χ4v) is 3.48. The average Bonchev–Trinajstić information content (AvgIpc) is 2.60. The van der Waals surface area contributed by atoms with Gasteiger partial charge in [0.1, 0.15) is 0 Å². The molecule has 0 unspecified atom stereocenters. The zero-order valence-electron chi connectivity index (χ0n) is 16.4. The fourth-order valence-electron chi connectivity index (χ4n) is 3.48. The van der Waals surface area contributed by atoms with Gasteiger partial charge in [-0.2, -0.15) is 0 Å². The Morgan fingerprint density at radius 3 is 2.32 bits per heavy atom. The third kappa shape index (κ3) is 6.17. The molecule has 6 heteroatoms. The maximum atomic E-state index is 12.3. The quantitative estimate of drug-likeness (QED) is 0.514. The van der Waals surface area contributed by atoms with E-state index in [1.807, 2.05) is 7.05 Å². The zero-order valence-corrected chi connectivity index (χ0v) is 16.4. The Morgan fingerprint density at radius 2 is 1.80 bits per heavy atom. The third-order valence-electron chi connectivity index (χ3n) is 5.80. The molecule has 2 fully saturated rings. The molecule has 0 spiro atoms. The predicted molar refractivity (Wildman–Crippen MR) is 104 cm³/mol. The number of rotatable bonds is 8.